The van der Waals surface area contributed by atoms with Crippen molar-refractivity contribution in [2.75, 3.05) is 38.1 Å². The first-order valence-electron chi connectivity index (χ1n) is 10.6. The van der Waals surface area contributed by atoms with E-state index in [1.54, 1.807) is 4.90 Å². The van der Waals surface area contributed by atoms with Gasteiger partial charge >= 0.3 is 6.03 Å². The summed E-state index contributed by atoms with van der Waals surface area (Å²) in [6.07, 6.45) is 9.89. The van der Waals surface area contributed by atoms with Crippen LogP contribution in [0, 0.1) is 0 Å². The van der Waals surface area contributed by atoms with Crippen LogP contribution in [-0.2, 0) is 12.8 Å². The molecular formula is C22H29N5O. The zero-order chi connectivity index (χ0) is 19.1. The van der Waals surface area contributed by atoms with Crippen LogP contribution in [-0.4, -0.2) is 64.9 Å². The molecule has 1 saturated carbocycles. The fourth-order valence-corrected chi connectivity index (χ4v) is 4.93. The van der Waals surface area contributed by atoms with Crippen molar-refractivity contribution < 1.29 is 4.79 Å². The molecule has 2 aliphatic heterocycles. The van der Waals surface area contributed by atoms with Crippen LogP contribution in [0.3, 0.4) is 0 Å². The topological polar surface area (TPSA) is 44.6 Å². The summed E-state index contributed by atoms with van der Waals surface area (Å²) in [6, 6.07) is 9.07. The largest absolute Gasteiger partial charge is 0.326 e. The fourth-order valence-electron chi connectivity index (χ4n) is 4.93. The van der Waals surface area contributed by atoms with Crippen LogP contribution in [0.4, 0.5) is 10.5 Å². The maximum absolute atomic E-state index is 12.2. The minimum absolute atomic E-state index is 0.0744. The minimum atomic E-state index is 0.0744. The number of rotatable bonds is 3. The quantitative estimate of drug-likeness (QED) is 0.823. The number of benzene rings is 1. The molecule has 28 heavy (non-hydrogen) atoms. The average Bonchev–Trinajstić information content (AvgIpc) is 3.43. The third-order valence-corrected chi connectivity index (χ3v) is 6.66. The summed E-state index contributed by atoms with van der Waals surface area (Å²) in [5, 5.41) is 4.90. The monoisotopic (exact) mass is 379 g/mol. The number of aromatic nitrogens is 2. The van der Waals surface area contributed by atoms with Crippen LogP contribution in [0.5, 0.6) is 0 Å². The Kier molecular flexibility index (Phi) is 4.59. The van der Waals surface area contributed by atoms with Crippen molar-refractivity contribution in [3.63, 3.8) is 0 Å². The Morgan fingerprint density at radius 1 is 0.929 bits per heavy atom. The van der Waals surface area contributed by atoms with Crippen molar-refractivity contribution in [2.24, 2.45) is 0 Å². The van der Waals surface area contributed by atoms with E-state index in [-0.39, 0.29) is 6.03 Å². The smallest absolute Gasteiger partial charge is 0.324 e. The second kappa shape index (κ2) is 7.24. The summed E-state index contributed by atoms with van der Waals surface area (Å²) < 4.78 is 2.01. The summed E-state index contributed by atoms with van der Waals surface area (Å²) in [7, 11) is 1.85. The van der Waals surface area contributed by atoms with E-state index in [2.05, 4.69) is 23.2 Å². The Morgan fingerprint density at radius 2 is 1.64 bits per heavy atom. The number of likely N-dealkylation sites (N-methyl/N-ethyl adjacent to an activating group) is 1. The van der Waals surface area contributed by atoms with Crippen LogP contribution >= 0.6 is 0 Å². The molecule has 0 radical (unpaired) electrons. The summed E-state index contributed by atoms with van der Waals surface area (Å²) >= 11 is 0. The molecule has 1 aromatic carbocycles. The maximum atomic E-state index is 12.2. The van der Waals surface area contributed by atoms with Crippen LogP contribution in [0.25, 0.3) is 5.69 Å². The molecule has 0 spiro atoms. The molecule has 1 aliphatic carbocycles. The molecule has 3 heterocycles. The molecule has 0 bridgehead atoms. The highest BCUT2D eigenvalue weighted by atomic mass is 16.2. The zero-order valence-corrected chi connectivity index (χ0v) is 16.7. The Bertz CT molecular complexity index is 827. The molecule has 5 rings (SSSR count). The lowest BCUT2D eigenvalue weighted by Gasteiger charge is -2.26. The van der Waals surface area contributed by atoms with E-state index in [1.165, 1.54) is 36.9 Å². The van der Waals surface area contributed by atoms with Gasteiger partial charge in [-0.3, -0.25) is 9.80 Å². The van der Waals surface area contributed by atoms with Gasteiger partial charge in [0.15, 0.2) is 0 Å². The SMILES string of the molecule is CN1CCN(c2ccc(-n3cc4c(n3)CCN(C3CCCC3)CC4)cc2)C1=O. The highest BCUT2D eigenvalue weighted by molar-refractivity contribution is 5.93. The molecule has 6 nitrogen and oxygen atoms in total. The Morgan fingerprint density at radius 3 is 2.36 bits per heavy atom. The van der Waals surface area contributed by atoms with Crippen molar-refractivity contribution in [1.82, 2.24) is 19.6 Å². The van der Waals surface area contributed by atoms with Gasteiger partial charge in [0.25, 0.3) is 0 Å². The van der Waals surface area contributed by atoms with Gasteiger partial charge in [-0.2, -0.15) is 5.10 Å². The standard InChI is InChI=1S/C22H29N5O/c1-24-14-15-26(22(24)28)19-6-8-20(9-7-19)27-16-17-10-12-25(13-11-21(17)23-27)18-4-2-3-5-18/h6-9,16,18H,2-5,10-15H2,1H3. The van der Waals surface area contributed by atoms with Crippen molar-refractivity contribution >= 4 is 11.7 Å². The molecule has 148 valence electrons. The van der Waals surface area contributed by atoms with E-state index in [1.807, 2.05) is 28.8 Å². The van der Waals surface area contributed by atoms with Crippen LogP contribution in [0.2, 0.25) is 0 Å². The second-order valence-electron chi connectivity index (χ2n) is 8.39. The van der Waals surface area contributed by atoms with Crippen LogP contribution < -0.4 is 4.90 Å². The summed E-state index contributed by atoms with van der Waals surface area (Å²) in [5.74, 6) is 0. The van der Waals surface area contributed by atoms with E-state index >= 15 is 0 Å². The molecule has 2 fully saturated rings. The Balaban J connectivity index is 1.30. The van der Waals surface area contributed by atoms with E-state index in [0.717, 1.165) is 56.4 Å². The summed E-state index contributed by atoms with van der Waals surface area (Å²) in [5.41, 5.74) is 4.66. The second-order valence-corrected chi connectivity index (χ2v) is 8.39. The highest BCUT2D eigenvalue weighted by Gasteiger charge is 2.27. The lowest BCUT2D eigenvalue weighted by Crippen LogP contribution is -2.35. The third-order valence-electron chi connectivity index (χ3n) is 6.66. The van der Waals surface area contributed by atoms with Crippen molar-refractivity contribution in [3.8, 4) is 5.69 Å². The van der Waals surface area contributed by atoms with Gasteiger partial charge in [0.1, 0.15) is 0 Å². The van der Waals surface area contributed by atoms with Crippen LogP contribution in [0.1, 0.15) is 36.9 Å². The van der Waals surface area contributed by atoms with Crippen LogP contribution in [0.15, 0.2) is 30.5 Å². The molecule has 2 aromatic rings. The minimum Gasteiger partial charge on any atom is -0.326 e. The summed E-state index contributed by atoms with van der Waals surface area (Å²) in [4.78, 5) is 18.5. The first-order chi connectivity index (χ1) is 13.7. The number of urea groups is 1. The number of fused-ring (bicyclic) bond motifs is 1. The lowest BCUT2D eigenvalue weighted by atomic mass is 10.2. The van der Waals surface area contributed by atoms with E-state index in [9.17, 15) is 4.79 Å². The fraction of sp³-hybridized carbons (Fsp3) is 0.545. The van der Waals surface area contributed by atoms with E-state index in [0.29, 0.717) is 0 Å². The molecule has 0 unspecified atom stereocenters. The van der Waals surface area contributed by atoms with Gasteiger partial charge in [0.05, 0.1) is 11.4 Å². The van der Waals surface area contributed by atoms with E-state index < -0.39 is 0 Å². The molecule has 0 atom stereocenters. The Labute approximate surface area is 166 Å². The van der Waals surface area contributed by atoms with Gasteiger partial charge in [-0.25, -0.2) is 9.48 Å². The lowest BCUT2D eigenvalue weighted by molar-refractivity contribution is 0.207. The Hall–Kier alpha value is -2.34. The number of amides is 2. The predicted octanol–water partition coefficient (Wildman–Crippen LogP) is 3.09. The summed E-state index contributed by atoms with van der Waals surface area (Å²) in [6.45, 7) is 3.83. The highest BCUT2D eigenvalue weighted by Crippen LogP contribution is 2.27. The van der Waals surface area contributed by atoms with Gasteiger partial charge in [-0.15, -0.1) is 0 Å². The molecule has 1 aromatic heterocycles. The van der Waals surface area contributed by atoms with Gasteiger partial charge in [-0.05, 0) is 49.1 Å². The molecule has 6 heteroatoms. The number of hydrogen-bond acceptors (Lipinski definition) is 3. The van der Waals surface area contributed by atoms with Gasteiger partial charge in [-0.1, -0.05) is 12.8 Å². The first-order valence-corrected chi connectivity index (χ1v) is 10.6. The zero-order valence-electron chi connectivity index (χ0n) is 16.7. The number of carbonyl (C=O) groups is 1. The van der Waals surface area contributed by atoms with Gasteiger partial charge < -0.3 is 4.90 Å². The number of nitrogens with zero attached hydrogens (tertiary/aromatic N) is 5. The van der Waals surface area contributed by atoms with Gasteiger partial charge in [0.2, 0.25) is 0 Å². The third kappa shape index (κ3) is 3.20. The molecule has 1 saturated heterocycles. The number of hydrogen-bond donors (Lipinski definition) is 0. The van der Waals surface area contributed by atoms with E-state index in [4.69, 9.17) is 5.10 Å². The molecular weight excluding hydrogens is 350 g/mol. The molecule has 2 amide bonds. The molecule has 0 N–H and O–H groups in total. The number of carbonyl (C=O) groups excluding carboxylic acids is 1. The average molecular weight is 380 g/mol. The normalized spacial score (nSPS) is 21.4. The first kappa shape index (κ1) is 17.7. The van der Waals surface area contributed by atoms with Gasteiger partial charge in [0, 0.05) is 57.6 Å². The molecule has 3 aliphatic rings. The van der Waals surface area contributed by atoms with Crippen molar-refractivity contribution in [2.45, 2.75) is 44.6 Å². The van der Waals surface area contributed by atoms with Crippen molar-refractivity contribution in [3.05, 3.63) is 41.7 Å². The number of anilines is 1. The predicted molar refractivity (Wildman–Crippen MR) is 110 cm³/mol. The van der Waals surface area contributed by atoms with Crippen molar-refractivity contribution in [1.29, 1.82) is 0 Å². The maximum Gasteiger partial charge on any atom is 0.324 e.